The van der Waals surface area contributed by atoms with E-state index in [2.05, 4.69) is 43.5 Å². The highest BCUT2D eigenvalue weighted by Gasteiger charge is 2.31. The number of carbonyl (C=O) groups is 1. The molecule has 0 fully saturated rings. The highest BCUT2D eigenvalue weighted by Crippen LogP contribution is 2.35. The smallest absolute Gasteiger partial charge is 0.337 e. The summed E-state index contributed by atoms with van der Waals surface area (Å²) in [7, 11) is 1.28. The molecule has 44 heavy (non-hydrogen) atoms. The van der Waals surface area contributed by atoms with Gasteiger partial charge >= 0.3 is 5.97 Å². The van der Waals surface area contributed by atoms with E-state index < -0.39 is 12.0 Å². The predicted octanol–water partition coefficient (Wildman–Crippen LogP) is 5.90. The van der Waals surface area contributed by atoms with Crippen molar-refractivity contribution in [2.75, 3.05) is 20.3 Å². The van der Waals surface area contributed by atoms with Crippen LogP contribution in [0.15, 0.2) is 80.6 Å². The average Bonchev–Trinajstić information content (AvgIpc) is 3.32. The summed E-state index contributed by atoms with van der Waals surface area (Å²) in [4.78, 5) is 31.8. The van der Waals surface area contributed by atoms with Crippen molar-refractivity contribution in [3.8, 4) is 17.2 Å². The van der Waals surface area contributed by atoms with Gasteiger partial charge in [0.2, 0.25) is 0 Å². The Hall–Kier alpha value is -3.49. The summed E-state index contributed by atoms with van der Waals surface area (Å²) in [6.07, 6.45) is 3.16. The highest BCUT2D eigenvalue weighted by atomic mass is 127. The van der Waals surface area contributed by atoms with Gasteiger partial charge in [0.25, 0.3) is 5.56 Å². The minimum atomic E-state index is -0.824. The van der Waals surface area contributed by atoms with Crippen LogP contribution in [-0.2, 0) is 16.1 Å². The Morgan fingerprint density at radius 1 is 1.09 bits per heavy atom. The zero-order valence-electron chi connectivity index (χ0n) is 23.9. The van der Waals surface area contributed by atoms with E-state index in [0.29, 0.717) is 56.5 Å². The van der Waals surface area contributed by atoms with Crippen LogP contribution in [0.4, 0.5) is 4.39 Å². The summed E-state index contributed by atoms with van der Waals surface area (Å²) in [5.41, 5.74) is 1.50. The average molecular weight is 793 g/mol. The van der Waals surface area contributed by atoms with Gasteiger partial charge in [0, 0.05) is 21.8 Å². The second-order valence-corrected chi connectivity index (χ2v) is 12.5. The van der Waals surface area contributed by atoms with Crippen molar-refractivity contribution in [1.29, 1.82) is 0 Å². The lowest BCUT2D eigenvalue weighted by molar-refractivity contribution is -0.136. The minimum Gasteiger partial charge on any atom is -0.490 e. The maximum Gasteiger partial charge on any atom is 0.337 e. The van der Waals surface area contributed by atoms with Gasteiger partial charge in [0.05, 0.1) is 40.0 Å². The van der Waals surface area contributed by atoms with E-state index >= 15 is 0 Å². The number of fused-ring (bicyclic) bond motifs is 1. The van der Waals surface area contributed by atoms with Crippen LogP contribution < -0.4 is 29.1 Å². The zero-order valence-corrected chi connectivity index (χ0v) is 28.5. The van der Waals surface area contributed by atoms with Crippen LogP contribution in [0.3, 0.4) is 0 Å². The molecule has 5 rings (SSSR count). The van der Waals surface area contributed by atoms with Gasteiger partial charge in [-0.1, -0.05) is 51.5 Å². The van der Waals surface area contributed by atoms with E-state index in [0.717, 1.165) is 8.04 Å². The first-order valence-corrected chi connectivity index (χ1v) is 16.3. The van der Waals surface area contributed by atoms with Crippen molar-refractivity contribution in [2.45, 2.75) is 26.5 Å². The van der Waals surface area contributed by atoms with Crippen LogP contribution in [0, 0.1) is 9.39 Å². The fraction of sp³-hybridized carbons (Fsp3) is 0.219. The number of nitrogens with zero attached hydrogens (tertiary/aromatic N) is 2. The van der Waals surface area contributed by atoms with Gasteiger partial charge in [0.1, 0.15) is 18.2 Å². The van der Waals surface area contributed by atoms with Gasteiger partial charge in [-0.15, -0.1) is 0 Å². The van der Waals surface area contributed by atoms with Gasteiger partial charge in [-0.25, -0.2) is 14.2 Å². The standard InChI is InChI=1S/C32H27BrFIN2O6S/c1-4-41-25-11-10-18(13-26(25)42-5-2)28-22(31(39)40-3)16-36-32-37(28)30(38)27(44-32)14-20-12-21(33)15-24(35)29(20)43-17-19-8-6-7-9-23(19)34/h6-16,28H,4-5,17H2,1-3H3/b27-14+/t28-/m1/s1. The molecule has 1 atom stereocenters. The van der Waals surface area contributed by atoms with Crippen LogP contribution in [0.25, 0.3) is 6.08 Å². The largest absolute Gasteiger partial charge is 0.490 e. The van der Waals surface area contributed by atoms with Crippen LogP contribution in [0.1, 0.15) is 36.6 Å². The molecular formula is C32H27BrFIN2O6S. The number of hydrogen-bond acceptors (Lipinski definition) is 8. The summed E-state index contributed by atoms with van der Waals surface area (Å²) in [5, 5.41) is 0. The number of aromatic nitrogens is 1. The topological polar surface area (TPSA) is 88.4 Å². The first-order valence-electron chi connectivity index (χ1n) is 13.6. The zero-order chi connectivity index (χ0) is 31.4. The van der Waals surface area contributed by atoms with Gasteiger partial charge < -0.3 is 18.9 Å². The molecule has 0 N–H and O–H groups in total. The summed E-state index contributed by atoms with van der Waals surface area (Å²) in [5.74, 6) is 0.585. The molecular weight excluding hydrogens is 766 g/mol. The maximum absolute atomic E-state index is 14.3. The Labute approximate surface area is 278 Å². The SMILES string of the molecule is CCOc1ccc([C@@H]2C(C(=O)OC)=CN=c3s/c(=C/c4cc(Br)cc(I)c4OCc4ccccc4F)c(=O)n32)cc1OCC. The van der Waals surface area contributed by atoms with E-state index in [1.165, 1.54) is 35.3 Å². The fourth-order valence-electron chi connectivity index (χ4n) is 4.73. The molecule has 1 aromatic heterocycles. The van der Waals surface area contributed by atoms with E-state index in [-0.39, 0.29) is 23.6 Å². The fourth-order valence-corrected chi connectivity index (χ4v) is 7.40. The van der Waals surface area contributed by atoms with Crippen LogP contribution in [-0.4, -0.2) is 30.9 Å². The lowest BCUT2D eigenvalue weighted by Gasteiger charge is -2.23. The molecule has 0 unspecified atom stereocenters. The van der Waals surface area contributed by atoms with E-state index in [9.17, 15) is 14.0 Å². The summed E-state index contributed by atoms with van der Waals surface area (Å²) >= 11 is 6.86. The molecule has 8 nitrogen and oxygen atoms in total. The molecule has 0 radical (unpaired) electrons. The van der Waals surface area contributed by atoms with Crippen molar-refractivity contribution in [2.24, 2.45) is 4.99 Å². The number of ether oxygens (including phenoxy) is 4. The van der Waals surface area contributed by atoms with Crippen molar-refractivity contribution in [3.63, 3.8) is 0 Å². The van der Waals surface area contributed by atoms with Crippen molar-refractivity contribution in [1.82, 2.24) is 4.57 Å². The second kappa shape index (κ2) is 14.1. The quantitative estimate of drug-likeness (QED) is 0.147. The van der Waals surface area contributed by atoms with Gasteiger partial charge in [-0.3, -0.25) is 9.36 Å². The molecule has 1 aliphatic rings. The second-order valence-electron chi connectivity index (χ2n) is 9.43. The molecule has 4 aromatic rings. The van der Waals surface area contributed by atoms with Gasteiger partial charge in [-0.2, -0.15) is 0 Å². The van der Waals surface area contributed by atoms with Crippen molar-refractivity contribution in [3.05, 3.63) is 117 Å². The monoisotopic (exact) mass is 792 g/mol. The molecule has 0 saturated carbocycles. The molecule has 0 amide bonds. The number of halogens is 3. The van der Waals surface area contributed by atoms with Crippen LogP contribution in [0.2, 0.25) is 0 Å². The summed E-state index contributed by atoms with van der Waals surface area (Å²) in [6.45, 7) is 4.60. The number of benzene rings is 3. The number of esters is 1. The Bertz CT molecular complexity index is 1940. The Morgan fingerprint density at radius 3 is 2.57 bits per heavy atom. The first-order chi connectivity index (χ1) is 21.2. The van der Waals surface area contributed by atoms with Crippen LogP contribution >= 0.6 is 49.9 Å². The highest BCUT2D eigenvalue weighted by molar-refractivity contribution is 14.1. The summed E-state index contributed by atoms with van der Waals surface area (Å²) in [6, 6.07) is 14.6. The Morgan fingerprint density at radius 2 is 1.84 bits per heavy atom. The van der Waals surface area contributed by atoms with E-state index in [1.807, 2.05) is 26.0 Å². The molecule has 228 valence electrons. The molecule has 2 heterocycles. The van der Waals surface area contributed by atoms with E-state index in [4.69, 9.17) is 18.9 Å². The Kier molecular flexibility index (Phi) is 10.2. The normalized spacial score (nSPS) is 14.4. The molecule has 3 aromatic carbocycles. The number of carbonyl (C=O) groups excluding carboxylic acids is 1. The summed E-state index contributed by atoms with van der Waals surface area (Å²) < 4.78 is 40.4. The van der Waals surface area contributed by atoms with Crippen LogP contribution in [0.5, 0.6) is 17.2 Å². The minimum absolute atomic E-state index is 0.00872. The van der Waals surface area contributed by atoms with Gasteiger partial charge in [-0.05, 0) is 78.4 Å². The van der Waals surface area contributed by atoms with Gasteiger partial charge in [0.15, 0.2) is 16.3 Å². The predicted molar refractivity (Wildman–Crippen MR) is 178 cm³/mol. The lowest BCUT2D eigenvalue weighted by atomic mass is 9.97. The van der Waals surface area contributed by atoms with E-state index in [1.54, 1.807) is 42.5 Å². The molecule has 0 aliphatic carbocycles. The third-order valence-electron chi connectivity index (χ3n) is 6.66. The third-order valence-corrected chi connectivity index (χ3v) is 8.92. The number of rotatable bonds is 10. The molecule has 0 bridgehead atoms. The number of hydrogen-bond donors (Lipinski definition) is 0. The lowest BCUT2D eigenvalue weighted by Crippen LogP contribution is -2.39. The van der Waals surface area contributed by atoms with Crippen molar-refractivity contribution < 1.29 is 28.1 Å². The first kappa shape index (κ1) is 31.9. The molecule has 0 spiro atoms. The van der Waals surface area contributed by atoms with Crippen molar-refractivity contribution >= 4 is 61.9 Å². The molecule has 12 heteroatoms. The third kappa shape index (κ3) is 6.61. The number of thiazole rings is 1. The molecule has 0 saturated heterocycles. The Balaban J connectivity index is 1.63. The molecule has 1 aliphatic heterocycles. The maximum atomic E-state index is 14.3. The number of methoxy groups -OCH3 is 1.